The highest BCUT2D eigenvalue weighted by Gasteiger charge is 2.47. The topological polar surface area (TPSA) is 133 Å². The van der Waals surface area contributed by atoms with Gasteiger partial charge in [0.1, 0.15) is 12.0 Å². The quantitative estimate of drug-likeness (QED) is 0.163. The molecule has 262 valence electrons. The fourth-order valence-electron chi connectivity index (χ4n) is 5.65. The summed E-state index contributed by atoms with van der Waals surface area (Å²) in [6.45, 7) is 20.4. The van der Waals surface area contributed by atoms with Crippen LogP contribution in [0.4, 0.5) is 0 Å². The van der Waals surface area contributed by atoms with Gasteiger partial charge in [0.25, 0.3) is 5.88 Å². The van der Waals surface area contributed by atoms with Gasteiger partial charge in [-0.1, -0.05) is 58.9 Å². The van der Waals surface area contributed by atoms with Crippen LogP contribution in [0.5, 0.6) is 5.88 Å². The minimum absolute atomic E-state index is 0.0430. The summed E-state index contributed by atoms with van der Waals surface area (Å²) in [5.74, 6) is -1.64. The fraction of sp³-hybridized carbons (Fsp3) is 0.571. The minimum atomic E-state index is -2.21. The number of esters is 1. The molecule has 1 saturated heterocycles. The molecule has 0 unspecified atom stereocenters. The molecule has 2 amide bonds. The molecule has 0 spiro atoms. The zero-order valence-electron chi connectivity index (χ0n) is 30.0. The van der Waals surface area contributed by atoms with Crippen molar-refractivity contribution in [2.75, 3.05) is 13.7 Å². The number of nitrogens with one attached hydrogen (secondary N) is 1. The molecule has 0 aliphatic carbocycles. The maximum absolute atomic E-state index is 14.4. The molecule has 0 bridgehead atoms. The Labute approximate surface area is 288 Å². The number of methoxy groups -OCH3 is 1. The van der Waals surface area contributed by atoms with E-state index in [1.807, 2.05) is 57.5 Å². The number of ether oxygens (including phenoxy) is 2. The van der Waals surface area contributed by atoms with E-state index in [1.54, 1.807) is 23.2 Å². The number of carbonyl (C=O) groups is 3. The first-order chi connectivity index (χ1) is 22.4. The van der Waals surface area contributed by atoms with Crippen molar-refractivity contribution in [3.63, 3.8) is 0 Å². The van der Waals surface area contributed by atoms with Gasteiger partial charge < -0.3 is 28.6 Å². The summed E-state index contributed by atoms with van der Waals surface area (Å²) >= 11 is 1.60. The van der Waals surface area contributed by atoms with E-state index in [1.165, 1.54) is 13.2 Å². The Hall–Kier alpha value is -3.55. The van der Waals surface area contributed by atoms with E-state index in [0.717, 1.165) is 21.7 Å². The number of hydrogen-bond acceptors (Lipinski definition) is 10. The van der Waals surface area contributed by atoms with Crippen LogP contribution in [0.3, 0.4) is 0 Å². The summed E-state index contributed by atoms with van der Waals surface area (Å²) in [5, 5.41) is 7.08. The van der Waals surface area contributed by atoms with Crippen molar-refractivity contribution in [2.45, 2.75) is 110 Å². The second-order valence-corrected chi connectivity index (χ2v) is 20.0. The predicted octanol–water partition coefficient (Wildman–Crippen LogP) is 6.66. The third-order valence-electron chi connectivity index (χ3n) is 9.47. The SMILES string of the molecule is COC(=O)[C@H](C)Oc1cc([C@@H](C(=O)N2C[C@H](O[Si](C)(C)C(C)(C)C)C[C@H]2C(=O)N[C@@H](C)c2ccc(-c3scnc3C)cc2)C(C)C)on1. The van der Waals surface area contributed by atoms with Gasteiger partial charge in [-0.2, -0.15) is 0 Å². The lowest BCUT2D eigenvalue weighted by Gasteiger charge is -2.38. The van der Waals surface area contributed by atoms with E-state index in [4.69, 9.17) is 18.4 Å². The highest BCUT2D eigenvalue weighted by atomic mass is 32.1. The van der Waals surface area contributed by atoms with Crippen LogP contribution < -0.4 is 10.1 Å². The van der Waals surface area contributed by atoms with Crippen LogP contribution in [0.2, 0.25) is 18.1 Å². The average Bonchev–Trinajstić information content (AvgIpc) is 3.76. The Bertz CT molecular complexity index is 1580. The molecular formula is C35H50N4O7SSi. The average molecular weight is 699 g/mol. The number of aryl methyl sites for hydroxylation is 1. The molecule has 1 fully saturated rings. The molecule has 3 aromatic rings. The Kier molecular flexibility index (Phi) is 11.6. The van der Waals surface area contributed by atoms with E-state index in [-0.39, 0.29) is 47.3 Å². The van der Waals surface area contributed by atoms with E-state index in [0.29, 0.717) is 12.2 Å². The third-order valence-corrected chi connectivity index (χ3v) is 15.0. The van der Waals surface area contributed by atoms with Crippen LogP contribution >= 0.6 is 11.3 Å². The first kappa shape index (κ1) is 37.3. The van der Waals surface area contributed by atoms with Gasteiger partial charge >= 0.3 is 5.97 Å². The molecule has 0 radical (unpaired) electrons. The number of hydrogen-bond donors (Lipinski definition) is 1. The van der Waals surface area contributed by atoms with Gasteiger partial charge in [-0.25, -0.2) is 9.78 Å². The van der Waals surface area contributed by atoms with E-state index in [9.17, 15) is 14.4 Å². The number of rotatable bonds is 12. The first-order valence-electron chi connectivity index (χ1n) is 16.4. The van der Waals surface area contributed by atoms with Crippen molar-refractivity contribution in [1.82, 2.24) is 20.4 Å². The first-order valence-corrected chi connectivity index (χ1v) is 20.2. The van der Waals surface area contributed by atoms with Crippen molar-refractivity contribution < 1.29 is 32.8 Å². The second-order valence-electron chi connectivity index (χ2n) is 14.4. The van der Waals surface area contributed by atoms with Crippen LogP contribution in [0.25, 0.3) is 10.4 Å². The van der Waals surface area contributed by atoms with Crippen molar-refractivity contribution in [2.24, 2.45) is 5.92 Å². The lowest BCUT2D eigenvalue weighted by atomic mass is 9.91. The number of thiazole rings is 1. The van der Waals surface area contributed by atoms with Crippen LogP contribution in [0.1, 0.15) is 83.9 Å². The molecule has 0 saturated carbocycles. The highest BCUT2D eigenvalue weighted by molar-refractivity contribution is 7.13. The normalized spacial score (nSPS) is 18.8. The lowest BCUT2D eigenvalue weighted by molar-refractivity contribution is -0.148. The zero-order valence-corrected chi connectivity index (χ0v) is 31.8. The third kappa shape index (κ3) is 8.35. The zero-order chi connectivity index (χ0) is 35.6. The van der Waals surface area contributed by atoms with E-state index >= 15 is 0 Å². The molecular weight excluding hydrogens is 649 g/mol. The number of nitrogens with zero attached hydrogens (tertiary/aromatic N) is 3. The molecule has 1 aliphatic heterocycles. The van der Waals surface area contributed by atoms with Crippen LogP contribution in [0, 0.1) is 12.8 Å². The van der Waals surface area contributed by atoms with Crippen molar-refractivity contribution in [3.05, 3.63) is 52.9 Å². The summed E-state index contributed by atoms with van der Waals surface area (Å²) in [6, 6.07) is 8.60. The van der Waals surface area contributed by atoms with Crippen molar-refractivity contribution in [3.8, 4) is 16.3 Å². The van der Waals surface area contributed by atoms with Gasteiger partial charge in [-0.15, -0.1) is 11.3 Å². The van der Waals surface area contributed by atoms with Gasteiger partial charge in [0.05, 0.1) is 35.3 Å². The summed E-state index contributed by atoms with van der Waals surface area (Å²) in [5.41, 5.74) is 4.85. The maximum atomic E-state index is 14.4. The van der Waals surface area contributed by atoms with Gasteiger partial charge in [0.2, 0.25) is 11.8 Å². The smallest absolute Gasteiger partial charge is 0.346 e. The maximum Gasteiger partial charge on any atom is 0.346 e. The Balaban J connectivity index is 1.57. The summed E-state index contributed by atoms with van der Waals surface area (Å²) in [6.07, 6.45) is -0.826. The Morgan fingerprint density at radius 3 is 2.33 bits per heavy atom. The molecule has 1 aromatic carbocycles. The Morgan fingerprint density at radius 2 is 1.77 bits per heavy atom. The van der Waals surface area contributed by atoms with Crippen LogP contribution in [-0.4, -0.2) is 73.0 Å². The number of amides is 2. The standard InChI is InChI=1S/C35H50N4O7SSi/c1-20(2)30(28-17-29(38-45-28)44-23(5)34(42)43-9)33(41)39-18-26(46-48(10,11)35(6,7)8)16-27(39)32(40)37-21(3)24-12-14-25(15-13-24)31-22(4)36-19-47-31/h12-15,17,19-21,23,26-27,30H,16,18H2,1-11H3,(H,37,40)/t21-,23-,26+,27-,30-/m0/s1. The molecule has 3 heterocycles. The van der Waals surface area contributed by atoms with Gasteiger partial charge in [-0.05, 0) is 61.1 Å². The predicted molar refractivity (Wildman–Crippen MR) is 187 cm³/mol. The highest BCUT2D eigenvalue weighted by Crippen LogP contribution is 2.40. The lowest BCUT2D eigenvalue weighted by Crippen LogP contribution is -2.48. The van der Waals surface area contributed by atoms with Crippen LogP contribution in [0.15, 0.2) is 40.4 Å². The number of carbonyl (C=O) groups excluding carboxylic acids is 3. The molecule has 1 aliphatic rings. The monoisotopic (exact) mass is 698 g/mol. The van der Waals surface area contributed by atoms with Crippen molar-refractivity contribution >= 4 is 37.4 Å². The fourth-order valence-corrected chi connectivity index (χ4v) is 7.82. The number of benzene rings is 1. The Morgan fingerprint density at radius 1 is 1.10 bits per heavy atom. The minimum Gasteiger partial charge on any atom is -0.466 e. The molecule has 13 heteroatoms. The molecule has 48 heavy (non-hydrogen) atoms. The van der Waals surface area contributed by atoms with Gasteiger partial charge in [0, 0.05) is 19.0 Å². The molecule has 11 nitrogen and oxygen atoms in total. The molecule has 1 N–H and O–H groups in total. The number of aromatic nitrogens is 2. The van der Waals surface area contributed by atoms with E-state index in [2.05, 4.69) is 49.3 Å². The summed E-state index contributed by atoms with van der Waals surface area (Å²) in [7, 11) is -0.936. The molecule has 5 atom stereocenters. The second kappa shape index (κ2) is 14.9. The van der Waals surface area contributed by atoms with Gasteiger partial charge in [-0.3, -0.25) is 9.59 Å². The summed E-state index contributed by atoms with van der Waals surface area (Å²) in [4.78, 5) is 47.4. The molecule has 4 rings (SSSR count). The van der Waals surface area contributed by atoms with Gasteiger partial charge in [0.15, 0.2) is 20.2 Å². The number of likely N-dealkylation sites (tertiary alicyclic amines) is 1. The van der Waals surface area contributed by atoms with Crippen molar-refractivity contribution in [1.29, 1.82) is 0 Å². The van der Waals surface area contributed by atoms with Crippen LogP contribution in [-0.2, 0) is 23.5 Å². The largest absolute Gasteiger partial charge is 0.466 e. The summed E-state index contributed by atoms with van der Waals surface area (Å²) < 4.78 is 22.7. The van der Waals surface area contributed by atoms with E-state index < -0.39 is 32.4 Å². The molecule has 2 aromatic heterocycles.